The molecule has 0 aliphatic rings. The lowest BCUT2D eigenvalue weighted by molar-refractivity contribution is -0.137. The summed E-state index contributed by atoms with van der Waals surface area (Å²) in [6.45, 7) is 4.49. The molecule has 0 aliphatic carbocycles. The number of esters is 1. The van der Waals surface area contributed by atoms with Gasteiger partial charge in [0.2, 0.25) is 0 Å². The van der Waals surface area contributed by atoms with Crippen LogP contribution in [0.3, 0.4) is 0 Å². The maximum atomic E-state index is 11.8. The summed E-state index contributed by atoms with van der Waals surface area (Å²) in [5.74, 6) is 0.403. The Kier molecular flexibility index (Phi) is 7.72. The number of hydrogen-bond acceptors (Lipinski definition) is 5. The Morgan fingerprint density at radius 2 is 1.89 bits per heavy atom. The van der Waals surface area contributed by atoms with Crippen LogP contribution in [0, 0.1) is 11.3 Å². The van der Waals surface area contributed by atoms with Gasteiger partial charge in [-0.15, -0.1) is 0 Å². The van der Waals surface area contributed by atoms with Crippen molar-refractivity contribution in [3.63, 3.8) is 0 Å². The highest BCUT2D eigenvalue weighted by Crippen LogP contribution is 2.31. The molecule has 0 N–H and O–H groups in total. The number of rotatable bonds is 8. The highest BCUT2D eigenvalue weighted by molar-refractivity contribution is 6.31. The zero-order valence-corrected chi connectivity index (χ0v) is 16.0. The molecule has 0 heterocycles. The first-order chi connectivity index (χ1) is 13.1. The van der Waals surface area contributed by atoms with Crippen LogP contribution < -0.4 is 9.47 Å². The van der Waals surface area contributed by atoms with Gasteiger partial charge in [-0.1, -0.05) is 35.9 Å². The number of halogens is 1. The van der Waals surface area contributed by atoms with Gasteiger partial charge in [0.15, 0.2) is 11.5 Å². The summed E-state index contributed by atoms with van der Waals surface area (Å²) >= 11 is 6.15. The van der Waals surface area contributed by atoms with Crippen LogP contribution in [0.2, 0.25) is 5.02 Å². The van der Waals surface area contributed by atoms with E-state index in [9.17, 15) is 4.79 Å². The molecule has 2 rings (SSSR count). The normalized spacial score (nSPS) is 10.8. The summed E-state index contributed by atoms with van der Waals surface area (Å²) in [5, 5.41) is 9.79. The van der Waals surface area contributed by atoms with E-state index in [1.54, 1.807) is 31.2 Å². The first-order valence-corrected chi connectivity index (χ1v) is 8.88. The minimum absolute atomic E-state index is 0.0796. The van der Waals surface area contributed by atoms with Gasteiger partial charge in [-0.05, 0) is 43.7 Å². The van der Waals surface area contributed by atoms with Gasteiger partial charge in [-0.2, -0.15) is 5.26 Å². The summed E-state index contributed by atoms with van der Waals surface area (Å²) in [4.78, 5) is 11.8. The smallest absolute Gasteiger partial charge is 0.348 e. The van der Waals surface area contributed by atoms with Crippen molar-refractivity contribution in [2.24, 2.45) is 0 Å². The fourth-order valence-corrected chi connectivity index (χ4v) is 2.48. The van der Waals surface area contributed by atoms with Crippen molar-refractivity contribution >= 4 is 23.6 Å². The number of benzene rings is 2. The second-order valence-corrected chi connectivity index (χ2v) is 5.82. The number of hydrogen-bond donors (Lipinski definition) is 0. The zero-order valence-electron chi connectivity index (χ0n) is 15.2. The maximum absolute atomic E-state index is 11.8. The van der Waals surface area contributed by atoms with Crippen LogP contribution >= 0.6 is 11.6 Å². The van der Waals surface area contributed by atoms with E-state index >= 15 is 0 Å². The molecule has 140 valence electrons. The van der Waals surface area contributed by atoms with Crippen molar-refractivity contribution < 1.29 is 19.0 Å². The molecular weight excluding hydrogens is 366 g/mol. The minimum Gasteiger partial charge on any atom is -0.490 e. The van der Waals surface area contributed by atoms with Crippen molar-refractivity contribution in [3.8, 4) is 17.6 Å². The lowest BCUT2D eigenvalue weighted by Gasteiger charge is -2.13. The van der Waals surface area contributed by atoms with Crippen LogP contribution in [0.25, 0.3) is 6.08 Å². The Balaban J connectivity index is 2.24. The zero-order chi connectivity index (χ0) is 19.6. The van der Waals surface area contributed by atoms with E-state index < -0.39 is 5.97 Å². The van der Waals surface area contributed by atoms with Gasteiger partial charge in [-0.3, -0.25) is 0 Å². The van der Waals surface area contributed by atoms with Crippen LogP contribution in [-0.2, 0) is 16.1 Å². The third-order valence-electron chi connectivity index (χ3n) is 3.54. The predicted octanol–water partition coefficient (Wildman–Crippen LogP) is 4.79. The molecule has 0 bridgehead atoms. The molecule has 0 fully saturated rings. The summed E-state index contributed by atoms with van der Waals surface area (Å²) in [6, 6.07) is 14.5. The molecule has 0 saturated carbocycles. The van der Waals surface area contributed by atoms with E-state index in [-0.39, 0.29) is 12.2 Å². The van der Waals surface area contributed by atoms with E-state index in [1.807, 2.05) is 31.2 Å². The van der Waals surface area contributed by atoms with Gasteiger partial charge in [0.25, 0.3) is 0 Å². The summed E-state index contributed by atoms with van der Waals surface area (Å²) in [5.41, 5.74) is 1.41. The number of nitrogens with zero attached hydrogens (tertiary/aromatic N) is 1. The van der Waals surface area contributed by atoms with Crippen LogP contribution in [0.4, 0.5) is 0 Å². The number of ether oxygens (including phenoxy) is 3. The monoisotopic (exact) mass is 385 g/mol. The average molecular weight is 386 g/mol. The highest BCUT2D eigenvalue weighted by atomic mass is 35.5. The van der Waals surface area contributed by atoms with E-state index in [2.05, 4.69) is 0 Å². The van der Waals surface area contributed by atoms with E-state index in [1.165, 1.54) is 6.08 Å². The Labute approximate surface area is 163 Å². The van der Waals surface area contributed by atoms with E-state index in [0.29, 0.717) is 35.3 Å². The fourth-order valence-electron chi connectivity index (χ4n) is 2.29. The van der Waals surface area contributed by atoms with Crippen molar-refractivity contribution in [1.82, 2.24) is 0 Å². The Bertz CT molecular complexity index is 871. The molecule has 0 amide bonds. The third kappa shape index (κ3) is 5.77. The first kappa shape index (κ1) is 20.3. The van der Waals surface area contributed by atoms with Crippen LogP contribution in [0.1, 0.15) is 25.0 Å². The van der Waals surface area contributed by atoms with Gasteiger partial charge in [0, 0.05) is 10.6 Å². The lowest BCUT2D eigenvalue weighted by Crippen LogP contribution is -2.06. The van der Waals surface area contributed by atoms with Gasteiger partial charge in [0.1, 0.15) is 18.2 Å². The topological polar surface area (TPSA) is 68.6 Å². The molecule has 0 aliphatic heterocycles. The molecule has 0 saturated heterocycles. The molecule has 0 aromatic heterocycles. The largest absolute Gasteiger partial charge is 0.490 e. The standard InChI is InChI=1S/C21H20ClNO4/c1-3-25-20-12-15(11-17(13-23)21(24)26-4-2)9-10-19(20)27-14-16-7-5-6-8-18(16)22/h5-12H,3-4,14H2,1-2H3/b17-11+. The number of carbonyl (C=O) groups is 1. The molecule has 0 unspecified atom stereocenters. The predicted molar refractivity (Wildman–Crippen MR) is 104 cm³/mol. The summed E-state index contributed by atoms with van der Waals surface area (Å²) in [7, 11) is 0. The molecule has 2 aromatic carbocycles. The Morgan fingerprint density at radius 1 is 1.11 bits per heavy atom. The van der Waals surface area contributed by atoms with E-state index in [4.69, 9.17) is 31.1 Å². The highest BCUT2D eigenvalue weighted by Gasteiger charge is 2.12. The quantitative estimate of drug-likeness (QED) is 0.371. The van der Waals surface area contributed by atoms with Crippen molar-refractivity contribution in [3.05, 3.63) is 64.2 Å². The number of nitriles is 1. The van der Waals surface area contributed by atoms with Crippen molar-refractivity contribution in [2.75, 3.05) is 13.2 Å². The van der Waals surface area contributed by atoms with Gasteiger partial charge >= 0.3 is 5.97 Å². The second-order valence-electron chi connectivity index (χ2n) is 5.41. The molecule has 5 nitrogen and oxygen atoms in total. The SMILES string of the molecule is CCOC(=O)/C(C#N)=C/c1ccc(OCc2ccccc2Cl)c(OCC)c1. The summed E-state index contributed by atoms with van der Waals surface area (Å²) in [6.07, 6.45) is 1.46. The van der Waals surface area contributed by atoms with Crippen molar-refractivity contribution in [2.45, 2.75) is 20.5 Å². The van der Waals surface area contributed by atoms with Crippen LogP contribution in [0.15, 0.2) is 48.0 Å². The third-order valence-corrected chi connectivity index (χ3v) is 3.90. The molecule has 2 aromatic rings. The molecule has 0 atom stereocenters. The molecular formula is C21H20ClNO4. The van der Waals surface area contributed by atoms with E-state index in [0.717, 1.165) is 5.56 Å². The Hall–Kier alpha value is -2.97. The summed E-state index contributed by atoms with van der Waals surface area (Å²) < 4.78 is 16.3. The van der Waals surface area contributed by atoms with Crippen LogP contribution in [-0.4, -0.2) is 19.2 Å². The van der Waals surface area contributed by atoms with Gasteiger partial charge in [0.05, 0.1) is 13.2 Å². The molecule has 27 heavy (non-hydrogen) atoms. The van der Waals surface area contributed by atoms with Crippen LogP contribution in [0.5, 0.6) is 11.5 Å². The lowest BCUT2D eigenvalue weighted by atomic mass is 10.1. The molecule has 0 spiro atoms. The fraction of sp³-hybridized carbons (Fsp3) is 0.238. The molecule has 6 heteroatoms. The first-order valence-electron chi connectivity index (χ1n) is 8.51. The van der Waals surface area contributed by atoms with Crippen molar-refractivity contribution in [1.29, 1.82) is 5.26 Å². The second kappa shape index (κ2) is 10.2. The maximum Gasteiger partial charge on any atom is 0.348 e. The van der Waals surface area contributed by atoms with Gasteiger partial charge < -0.3 is 14.2 Å². The minimum atomic E-state index is -0.656. The number of carbonyl (C=O) groups excluding carboxylic acids is 1. The Morgan fingerprint density at radius 3 is 2.56 bits per heavy atom. The molecule has 0 radical (unpaired) electrons. The average Bonchev–Trinajstić information content (AvgIpc) is 2.67. The van der Waals surface area contributed by atoms with Gasteiger partial charge in [-0.25, -0.2) is 4.79 Å².